The van der Waals surface area contributed by atoms with E-state index >= 15 is 0 Å². The van der Waals surface area contributed by atoms with Gasteiger partial charge >= 0.3 is 6.03 Å². The standard InChI is InChI=1S/C10H20N2O2/c1-8-7-12(5-6-14-8)9(13)11-10(2,3)4/h8H,5-7H2,1-4H3,(H,11,13). The summed E-state index contributed by atoms with van der Waals surface area (Å²) < 4.78 is 5.37. The molecule has 0 aromatic rings. The summed E-state index contributed by atoms with van der Waals surface area (Å²) in [7, 11) is 0. The molecule has 1 atom stereocenters. The number of carbonyl (C=O) groups is 1. The number of amides is 2. The second kappa shape index (κ2) is 4.17. The molecule has 1 unspecified atom stereocenters. The fourth-order valence-corrected chi connectivity index (χ4v) is 1.40. The molecule has 0 spiro atoms. The topological polar surface area (TPSA) is 41.6 Å². The van der Waals surface area contributed by atoms with Gasteiger partial charge in [0.1, 0.15) is 0 Å². The molecule has 1 N–H and O–H groups in total. The Morgan fingerprint density at radius 3 is 2.64 bits per heavy atom. The number of rotatable bonds is 0. The van der Waals surface area contributed by atoms with Crippen LogP contribution in [0.2, 0.25) is 0 Å². The SMILES string of the molecule is CC1CN(C(=O)NC(C)(C)C)CCO1. The van der Waals surface area contributed by atoms with E-state index in [1.165, 1.54) is 0 Å². The van der Waals surface area contributed by atoms with Crippen LogP contribution in [-0.4, -0.2) is 42.3 Å². The largest absolute Gasteiger partial charge is 0.375 e. The van der Waals surface area contributed by atoms with Crippen LogP contribution >= 0.6 is 0 Å². The summed E-state index contributed by atoms with van der Waals surface area (Å²) in [6.45, 7) is 9.93. The van der Waals surface area contributed by atoms with Gasteiger partial charge in [-0.2, -0.15) is 0 Å². The fourth-order valence-electron chi connectivity index (χ4n) is 1.40. The first-order valence-corrected chi connectivity index (χ1v) is 5.07. The van der Waals surface area contributed by atoms with Gasteiger partial charge in [-0.25, -0.2) is 4.79 Å². The van der Waals surface area contributed by atoms with Crippen molar-refractivity contribution in [2.24, 2.45) is 0 Å². The van der Waals surface area contributed by atoms with Crippen LogP contribution in [0.1, 0.15) is 27.7 Å². The number of urea groups is 1. The van der Waals surface area contributed by atoms with Crippen molar-refractivity contribution >= 4 is 6.03 Å². The molecule has 1 heterocycles. The van der Waals surface area contributed by atoms with Gasteiger partial charge in [-0.1, -0.05) is 0 Å². The Labute approximate surface area is 85.6 Å². The summed E-state index contributed by atoms with van der Waals surface area (Å²) in [5.41, 5.74) is -0.168. The number of nitrogens with one attached hydrogen (secondary N) is 1. The average molecular weight is 200 g/mol. The fraction of sp³-hybridized carbons (Fsp3) is 0.900. The van der Waals surface area contributed by atoms with Gasteiger partial charge in [0, 0.05) is 18.6 Å². The second-order valence-electron chi connectivity index (χ2n) is 4.81. The van der Waals surface area contributed by atoms with Crippen molar-refractivity contribution < 1.29 is 9.53 Å². The molecule has 0 radical (unpaired) electrons. The molecule has 2 amide bonds. The van der Waals surface area contributed by atoms with Crippen molar-refractivity contribution in [3.05, 3.63) is 0 Å². The van der Waals surface area contributed by atoms with E-state index in [9.17, 15) is 4.79 Å². The van der Waals surface area contributed by atoms with Gasteiger partial charge < -0.3 is 15.0 Å². The zero-order chi connectivity index (χ0) is 10.8. The highest BCUT2D eigenvalue weighted by atomic mass is 16.5. The molecule has 82 valence electrons. The molecule has 1 fully saturated rings. The maximum Gasteiger partial charge on any atom is 0.317 e. The van der Waals surface area contributed by atoms with Gasteiger partial charge in [-0.15, -0.1) is 0 Å². The predicted octanol–water partition coefficient (Wildman–Crippen LogP) is 1.22. The first-order valence-electron chi connectivity index (χ1n) is 5.07. The van der Waals surface area contributed by atoms with Gasteiger partial charge in [0.05, 0.1) is 12.7 Å². The molecule has 1 rings (SSSR count). The molecular weight excluding hydrogens is 180 g/mol. The zero-order valence-corrected chi connectivity index (χ0v) is 9.46. The summed E-state index contributed by atoms with van der Waals surface area (Å²) >= 11 is 0. The monoisotopic (exact) mass is 200 g/mol. The van der Waals surface area contributed by atoms with Crippen molar-refractivity contribution in [2.75, 3.05) is 19.7 Å². The van der Waals surface area contributed by atoms with Crippen molar-refractivity contribution in [3.63, 3.8) is 0 Å². The van der Waals surface area contributed by atoms with Crippen LogP contribution in [0, 0.1) is 0 Å². The van der Waals surface area contributed by atoms with Gasteiger partial charge in [-0.05, 0) is 27.7 Å². The molecule has 4 nitrogen and oxygen atoms in total. The molecule has 1 saturated heterocycles. The molecule has 0 aromatic carbocycles. The Hall–Kier alpha value is -0.770. The smallest absolute Gasteiger partial charge is 0.317 e. The molecular formula is C10H20N2O2. The molecule has 1 aliphatic rings. The van der Waals surface area contributed by atoms with Crippen molar-refractivity contribution in [3.8, 4) is 0 Å². The Bertz CT molecular complexity index is 211. The second-order valence-corrected chi connectivity index (χ2v) is 4.81. The number of hydrogen-bond donors (Lipinski definition) is 1. The van der Waals surface area contributed by atoms with E-state index in [-0.39, 0.29) is 17.7 Å². The van der Waals surface area contributed by atoms with E-state index in [0.29, 0.717) is 19.7 Å². The van der Waals surface area contributed by atoms with Crippen molar-refractivity contribution in [1.29, 1.82) is 0 Å². The third-order valence-electron chi connectivity index (χ3n) is 2.01. The van der Waals surface area contributed by atoms with Crippen LogP contribution in [-0.2, 0) is 4.74 Å². The third-order valence-corrected chi connectivity index (χ3v) is 2.01. The van der Waals surface area contributed by atoms with Gasteiger partial charge in [-0.3, -0.25) is 0 Å². The first kappa shape index (κ1) is 11.3. The number of ether oxygens (including phenoxy) is 1. The number of morpholine rings is 1. The Morgan fingerprint density at radius 2 is 2.14 bits per heavy atom. The maximum atomic E-state index is 11.7. The highest BCUT2D eigenvalue weighted by molar-refractivity contribution is 5.75. The molecule has 14 heavy (non-hydrogen) atoms. The number of nitrogens with zero attached hydrogens (tertiary/aromatic N) is 1. The van der Waals surface area contributed by atoms with Crippen molar-refractivity contribution in [1.82, 2.24) is 10.2 Å². The van der Waals surface area contributed by atoms with Crippen LogP contribution in [0.4, 0.5) is 4.79 Å². The van der Waals surface area contributed by atoms with Crippen LogP contribution in [0.3, 0.4) is 0 Å². The Morgan fingerprint density at radius 1 is 1.50 bits per heavy atom. The third kappa shape index (κ3) is 3.54. The summed E-state index contributed by atoms with van der Waals surface area (Å²) in [5.74, 6) is 0. The minimum atomic E-state index is -0.168. The normalized spacial score (nSPS) is 23.4. The van der Waals surface area contributed by atoms with Crippen LogP contribution in [0.15, 0.2) is 0 Å². The van der Waals surface area contributed by atoms with E-state index in [4.69, 9.17) is 4.74 Å². The summed E-state index contributed by atoms with van der Waals surface area (Å²) in [6, 6.07) is 0.00708. The van der Waals surface area contributed by atoms with Crippen molar-refractivity contribution in [2.45, 2.75) is 39.3 Å². The van der Waals surface area contributed by atoms with Crippen LogP contribution in [0.25, 0.3) is 0 Å². The molecule has 0 aromatic heterocycles. The quantitative estimate of drug-likeness (QED) is 0.638. The lowest BCUT2D eigenvalue weighted by atomic mass is 10.1. The van der Waals surface area contributed by atoms with E-state index in [2.05, 4.69) is 5.32 Å². The Balaban J connectivity index is 2.44. The van der Waals surface area contributed by atoms with Gasteiger partial charge in [0.25, 0.3) is 0 Å². The van der Waals surface area contributed by atoms with E-state index in [1.807, 2.05) is 27.7 Å². The lowest BCUT2D eigenvalue weighted by molar-refractivity contribution is -0.00430. The van der Waals surface area contributed by atoms with E-state index < -0.39 is 0 Å². The zero-order valence-electron chi connectivity index (χ0n) is 9.46. The van der Waals surface area contributed by atoms with E-state index in [0.717, 1.165) is 0 Å². The molecule has 1 aliphatic heterocycles. The van der Waals surface area contributed by atoms with Crippen LogP contribution in [0.5, 0.6) is 0 Å². The van der Waals surface area contributed by atoms with Gasteiger partial charge in [0.15, 0.2) is 0 Å². The minimum absolute atomic E-state index is 0.00708. The minimum Gasteiger partial charge on any atom is -0.375 e. The molecule has 0 saturated carbocycles. The van der Waals surface area contributed by atoms with Gasteiger partial charge in [0.2, 0.25) is 0 Å². The average Bonchev–Trinajstić information content (AvgIpc) is 2.01. The highest BCUT2D eigenvalue weighted by Crippen LogP contribution is 2.06. The summed E-state index contributed by atoms with van der Waals surface area (Å²) in [4.78, 5) is 13.5. The Kier molecular flexibility index (Phi) is 3.37. The maximum absolute atomic E-state index is 11.7. The summed E-state index contributed by atoms with van der Waals surface area (Å²) in [5, 5.41) is 2.94. The molecule has 4 heteroatoms. The first-order chi connectivity index (χ1) is 6.38. The molecule has 0 aliphatic carbocycles. The molecule has 0 bridgehead atoms. The predicted molar refractivity (Wildman–Crippen MR) is 55.3 cm³/mol. The lowest BCUT2D eigenvalue weighted by Gasteiger charge is -2.33. The highest BCUT2D eigenvalue weighted by Gasteiger charge is 2.23. The van der Waals surface area contributed by atoms with E-state index in [1.54, 1.807) is 4.90 Å². The summed E-state index contributed by atoms with van der Waals surface area (Å²) in [6.07, 6.45) is 0.148. The number of carbonyl (C=O) groups excluding carboxylic acids is 1. The lowest BCUT2D eigenvalue weighted by Crippen LogP contribution is -2.53. The number of hydrogen-bond acceptors (Lipinski definition) is 2. The van der Waals surface area contributed by atoms with Crippen LogP contribution < -0.4 is 5.32 Å².